The van der Waals surface area contributed by atoms with Gasteiger partial charge in [0, 0.05) is 12.1 Å². The summed E-state index contributed by atoms with van der Waals surface area (Å²) in [6, 6.07) is 2.53. The van der Waals surface area contributed by atoms with Crippen LogP contribution in [0, 0.1) is 15.9 Å². The molecule has 0 heterocycles. The van der Waals surface area contributed by atoms with Crippen LogP contribution in [0.15, 0.2) is 18.2 Å². The first-order chi connectivity index (χ1) is 8.45. The van der Waals surface area contributed by atoms with E-state index in [1.807, 2.05) is 0 Å². The maximum atomic E-state index is 13.1. The number of nitrogens with two attached hydrogens (primary N) is 1. The smallest absolute Gasteiger partial charge is 0.307 e. The zero-order valence-electron chi connectivity index (χ0n) is 10.2. The van der Waals surface area contributed by atoms with Gasteiger partial charge >= 0.3 is 11.7 Å². The highest BCUT2D eigenvalue weighted by Gasteiger charge is 2.19. The molecule has 0 spiro atoms. The first-order valence-electron chi connectivity index (χ1n) is 5.30. The third-order valence-corrected chi connectivity index (χ3v) is 2.29. The van der Waals surface area contributed by atoms with Crippen LogP contribution in [0.5, 0.6) is 0 Å². The number of rotatable bonds is 5. The summed E-state index contributed by atoms with van der Waals surface area (Å²) in [4.78, 5) is 20.9. The first-order valence-corrected chi connectivity index (χ1v) is 5.30. The van der Waals surface area contributed by atoms with Crippen LogP contribution in [0.4, 0.5) is 10.1 Å². The molecule has 0 radical (unpaired) electrons. The third kappa shape index (κ3) is 4.80. The van der Waals surface area contributed by atoms with E-state index in [1.54, 1.807) is 6.92 Å². The van der Waals surface area contributed by atoms with Gasteiger partial charge in [-0.05, 0) is 18.6 Å². The molecule has 0 aliphatic carbocycles. The lowest BCUT2D eigenvalue weighted by molar-refractivity contribution is -0.387. The predicted octanol–water partition coefficient (Wildman–Crippen LogP) is 2.11. The van der Waals surface area contributed by atoms with Gasteiger partial charge < -0.3 is 10.5 Å². The number of halogens is 2. The van der Waals surface area contributed by atoms with E-state index >= 15 is 0 Å². The van der Waals surface area contributed by atoms with Crippen LogP contribution in [0.3, 0.4) is 0 Å². The van der Waals surface area contributed by atoms with Gasteiger partial charge in [0.2, 0.25) is 5.82 Å². The summed E-state index contributed by atoms with van der Waals surface area (Å²) < 4.78 is 17.8. The summed E-state index contributed by atoms with van der Waals surface area (Å²) in [5.41, 5.74) is 5.35. The summed E-state index contributed by atoms with van der Waals surface area (Å²) in [6.45, 7) is 1.89. The quantitative estimate of drug-likeness (QED) is 0.509. The number of nitro benzene ring substituents is 1. The van der Waals surface area contributed by atoms with Crippen molar-refractivity contribution in [2.24, 2.45) is 5.73 Å². The van der Waals surface area contributed by atoms with E-state index in [4.69, 9.17) is 10.5 Å². The molecule has 0 bridgehead atoms. The Balaban J connectivity index is 0.00000324. The Hall–Kier alpha value is -1.73. The highest BCUT2D eigenvalue weighted by Crippen LogP contribution is 2.23. The number of hydrogen-bond donors (Lipinski definition) is 1. The normalized spacial score (nSPS) is 11.3. The molecule has 8 heteroatoms. The lowest BCUT2D eigenvalue weighted by Crippen LogP contribution is -2.17. The van der Waals surface area contributed by atoms with E-state index < -0.39 is 28.4 Å². The van der Waals surface area contributed by atoms with Gasteiger partial charge in [-0.15, -0.1) is 12.4 Å². The van der Waals surface area contributed by atoms with Crippen LogP contribution in [0.1, 0.15) is 24.9 Å². The molecule has 1 atom stereocenters. The van der Waals surface area contributed by atoms with Gasteiger partial charge in [-0.3, -0.25) is 14.9 Å². The van der Waals surface area contributed by atoms with Crippen LogP contribution in [0.2, 0.25) is 0 Å². The summed E-state index contributed by atoms with van der Waals surface area (Å²) in [7, 11) is 0. The topological polar surface area (TPSA) is 95.5 Å². The molecule has 1 aromatic carbocycles. The molecule has 106 valence electrons. The highest BCUT2D eigenvalue weighted by molar-refractivity contribution is 5.85. The lowest BCUT2D eigenvalue weighted by Gasteiger charge is -2.11. The van der Waals surface area contributed by atoms with Crippen LogP contribution < -0.4 is 5.73 Å². The fourth-order valence-electron chi connectivity index (χ4n) is 1.42. The maximum absolute atomic E-state index is 13.1. The first kappa shape index (κ1) is 17.3. The Morgan fingerprint density at radius 1 is 1.58 bits per heavy atom. The molecule has 0 saturated heterocycles. The van der Waals surface area contributed by atoms with E-state index in [-0.39, 0.29) is 25.4 Å². The molecule has 0 unspecified atom stereocenters. The number of nitrogens with zero attached hydrogens (tertiary/aromatic N) is 1. The van der Waals surface area contributed by atoms with Crippen molar-refractivity contribution in [3.8, 4) is 0 Å². The van der Waals surface area contributed by atoms with Gasteiger partial charge in [0.05, 0.1) is 18.0 Å². The SMILES string of the molecule is CCOC(=O)C[C@@H](N)c1ccc(F)c([N+](=O)[O-])c1.Cl. The second kappa shape index (κ2) is 7.65. The average Bonchev–Trinajstić information content (AvgIpc) is 2.29. The van der Waals surface area contributed by atoms with Crippen LogP contribution in [-0.4, -0.2) is 17.5 Å². The van der Waals surface area contributed by atoms with Gasteiger partial charge in [-0.25, -0.2) is 0 Å². The summed E-state index contributed by atoms with van der Waals surface area (Å²) in [6.07, 6.45) is -0.114. The van der Waals surface area contributed by atoms with Gasteiger partial charge in [0.1, 0.15) is 0 Å². The second-order valence-electron chi connectivity index (χ2n) is 3.58. The van der Waals surface area contributed by atoms with E-state index in [0.29, 0.717) is 5.56 Å². The Kier molecular flexibility index (Phi) is 6.95. The van der Waals surface area contributed by atoms with Crippen LogP contribution in [0.25, 0.3) is 0 Å². The number of nitro groups is 1. The van der Waals surface area contributed by atoms with E-state index in [2.05, 4.69) is 0 Å². The fourth-order valence-corrected chi connectivity index (χ4v) is 1.42. The molecule has 0 fully saturated rings. The Labute approximate surface area is 115 Å². The average molecular weight is 293 g/mol. The molecule has 0 saturated carbocycles. The summed E-state index contributed by atoms with van der Waals surface area (Å²) >= 11 is 0. The summed E-state index contributed by atoms with van der Waals surface area (Å²) in [5.74, 6) is -1.44. The number of hydrogen-bond acceptors (Lipinski definition) is 5. The molecule has 1 aromatic rings. The molecule has 6 nitrogen and oxygen atoms in total. The lowest BCUT2D eigenvalue weighted by atomic mass is 10.0. The van der Waals surface area contributed by atoms with Crippen molar-refractivity contribution in [1.82, 2.24) is 0 Å². The minimum atomic E-state index is -0.938. The zero-order chi connectivity index (χ0) is 13.7. The van der Waals surface area contributed by atoms with Crippen molar-refractivity contribution in [1.29, 1.82) is 0 Å². The molecule has 0 aliphatic heterocycles. The molecule has 0 amide bonds. The monoisotopic (exact) mass is 292 g/mol. The second-order valence-corrected chi connectivity index (χ2v) is 3.58. The fraction of sp³-hybridized carbons (Fsp3) is 0.364. The largest absolute Gasteiger partial charge is 0.466 e. The Morgan fingerprint density at radius 2 is 2.21 bits per heavy atom. The molecule has 0 aliphatic rings. The maximum Gasteiger partial charge on any atom is 0.307 e. The van der Waals surface area contributed by atoms with E-state index in [9.17, 15) is 19.3 Å². The standard InChI is InChI=1S/C11H13FN2O4.ClH/c1-2-18-11(15)6-9(13)7-3-4-8(12)10(5-7)14(16)17;/h3-5,9H,2,6,13H2,1H3;1H/t9-;/m1./s1. The number of benzene rings is 1. The van der Waals surface area contributed by atoms with Crippen molar-refractivity contribution >= 4 is 24.1 Å². The number of esters is 1. The van der Waals surface area contributed by atoms with Gasteiger partial charge in [0.15, 0.2) is 0 Å². The Bertz CT molecular complexity index is 470. The summed E-state index contributed by atoms with van der Waals surface area (Å²) in [5, 5.41) is 10.6. The van der Waals surface area contributed by atoms with Gasteiger partial charge in [0.25, 0.3) is 0 Å². The van der Waals surface area contributed by atoms with Gasteiger partial charge in [-0.1, -0.05) is 6.07 Å². The minimum Gasteiger partial charge on any atom is -0.466 e. The molecule has 2 N–H and O–H groups in total. The minimum absolute atomic E-state index is 0. The predicted molar refractivity (Wildman–Crippen MR) is 68.5 cm³/mol. The van der Waals surface area contributed by atoms with Crippen LogP contribution >= 0.6 is 12.4 Å². The highest BCUT2D eigenvalue weighted by atomic mass is 35.5. The molecule has 1 rings (SSSR count). The zero-order valence-corrected chi connectivity index (χ0v) is 11.0. The van der Waals surface area contributed by atoms with Crippen molar-refractivity contribution in [3.63, 3.8) is 0 Å². The van der Waals surface area contributed by atoms with Crippen molar-refractivity contribution < 1.29 is 18.8 Å². The van der Waals surface area contributed by atoms with E-state index in [1.165, 1.54) is 6.07 Å². The number of ether oxygens (including phenoxy) is 1. The van der Waals surface area contributed by atoms with Crippen molar-refractivity contribution in [2.75, 3.05) is 6.61 Å². The molecule has 0 aromatic heterocycles. The van der Waals surface area contributed by atoms with Crippen molar-refractivity contribution in [2.45, 2.75) is 19.4 Å². The molecule has 19 heavy (non-hydrogen) atoms. The third-order valence-electron chi connectivity index (χ3n) is 2.29. The van der Waals surface area contributed by atoms with Gasteiger partial charge in [-0.2, -0.15) is 4.39 Å². The van der Waals surface area contributed by atoms with E-state index in [0.717, 1.165) is 12.1 Å². The van der Waals surface area contributed by atoms with Crippen LogP contribution in [-0.2, 0) is 9.53 Å². The number of carbonyl (C=O) groups excluding carboxylic acids is 1. The number of carbonyl (C=O) groups is 1. The molecular formula is C11H14ClFN2O4. The van der Waals surface area contributed by atoms with Crippen molar-refractivity contribution in [3.05, 3.63) is 39.7 Å². The Morgan fingerprint density at radius 3 is 2.74 bits per heavy atom. The molecular weight excluding hydrogens is 279 g/mol.